The van der Waals surface area contributed by atoms with Gasteiger partial charge in [0.1, 0.15) is 19.3 Å². The van der Waals surface area contributed by atoms with Crippen molar-refractivity contribution in [1.82, 2.24) is 4.90 Å². The van der Waals surface area contributed by atoms with E-state index in [4.69, 9.17) is 14.2 Å². The van der Waals surface area contributed by atoms with Crippen LogP contribution in [0.1, 0.15) is 60.9 Å². The van der Waals surface area contributed by atoms with Crippen LogP contribution in [0.15, 0.2) is 48.5 Å². The smallest absolute Gasteiger partial charge is 0.257 e. The zero-order chi connectivity index (χ0) is 24.6. The molecule has 0 saturated carbocycles. The van der Waals surface area contributed by atoms with Crippen LogP contribution in [0.3, 0.4) is 0 Å². The number of carbonyl (C=O) groups is 1. The molecule has 0 aromatic heterocycles. The Morgan fingerprint density at radius 3 is 2.63 bits per heavy atom. The van der Waals surface area contributed by atoms with Crippen LogP contribution in [0.25, 0.3) is 0 Å². The number of fused-ring (bicyclic) bond motifs is 3. The number of hydrogen-bond donors (Lipinski definition) is 2. The Labute approximate surface area is 206 Å². The second-order valence-corrected chi connectivity index (χ2v) is 10.4. The molecule has 1 amide bonds. The van der Waals surface area contributed by atoms with Gasteiger partial charge in [-0.3, -0.25) is 4.79 Å². The summed E-state index contributed by atoms with van der Waals surface area (Å²) in [7, 11) is 1.74. The van der Waals surface area contributed by atoms with Crippen LogP contribution >= 0.6 is 0 Å². The van der Waals surface area contributed by atoms with E-state index in [1.165, 1.54) is 5.56 Å². The third-order valence-electron chi connectivity index (χ3n) is 8.06. The fourth-order valence-corrected chi connectivity index (χ4v) is 6.33. The molecular formula is C28H35NO6. The van der Waals surface area contributed by atoms with Gasteiger partial charge in [0.2, 0.25) is 0 Å². The highest BCUT2D eigenvalue weighted by atomic mass is 16.6. The summed E-state index contributed by atoms with van der Waals surface area (Å²) < 4.78 is 18.1. The fourth-order valence-electron chi connectivity index (χ4n) is 6.33. The highest BCUT2D eigenvalue weighted by Gasteiger charge is 2.55. The average Bonchev–Trinajstić information content (AvgIpc) is 2.95. The standard InChI is InChI=1S/C28H35NO6/c1-27-17-20(19-7-4-3-5-8-19)18-28(35-27,13-14-30)12-11-22(25(27)31)29(2)26(32)21-9-6-10-23-24(21)34-16-15-33-23/h3-10,20,22,25,30-31H,11-18H2,1-2H3/t20-,22+,25-,27+,28-/m1/s1. The minimum absolute atomic E-state index is 0.0145. The number of aliphatic hydroxyl groups is 2. The van der Waals surface area contributed by atoms with Gasteiger partial charge >= 0.3 is 0 Å². The summed E-state index contributed by atoms with van der Waals surface area (Å²) in [5.74, 6) is 1.01. The number of likely N-dealkylation sites (N-methyl/N-ethyl adjacent to an activating group) is 1. The highest BCUT2D eigenvalue weighted by molar-refractivity contribution is 5.98. The van der Waals surface area contributed by atoms with E-state index < -0.39 is 23.3 Å². The van der Waals surface area contributed by atoms with Crippen molar-refractivity contribution >= 4 is 5.91 Å². The summed E-state index contributed by atoms with van der Waals surface area (Å²) in [5.41, 5.74) is 0.235. The molecular weight excluding hydrogens is 446 g/mol. The first-order valence-electron chi connectivity index (χ1n) is 12.6. The van der Waals surface area contributed by atoms with E-state index in [1.807, 2.05) is 25.1 Å². The number of nitrogens with zero attached hydrogens (tertiary/aromatic N) is 1. The van der Waals surface area contributed by atoms with E-state index in [2.05, 4.69) is 12.1 Å². The normalized spacial score (nSPS) is 31.9. The van der Waals surface area contributed by atoms with Gasteiger partial charge in [0, 0.05) is 13.7 Å². The van der Waals surface area contributed by atoms with Crippen molar-refractivity contribution in [3.63, 3.8) is 0 Å². The number of amides is 1. The molecule has 2 N–H and O–H groups in total. The monoisotopic (exact) mass is 481 g/mol. The molecule has 7 nitrogen and oxygen atoms in total. The van der Waals surface area contributed by atoms with Crippen LogP contribution in [-0.2, 0) is 4.74 Å². The van der Waals surface area contributed by atoms with Crippen molar-refractivity contribution in [3.8, 4) is 11.5 Å². The molecule has 0 aliphatic carbocycles. The number of para-hydroxylation sites is 1. The van der Waals surface area contributed by atoms with Gasteiger partial charge in [-0.05, 0) is 62.6 Å². The number of benzene rings is 2. The highest BCUT2D eigenvalue weighted by Crippen LogP contribution is 2.51. The quantitative estimate of drug-likeness (QED) is 0.679. The molecule has 0 spiro atoms. The van der Waals surface area contributed by atoms with Gasteiger partial charge < -0.3 is 29.3 Å². The number of carbonyl (C=O) groups excluding carboxylic acids is 1. The average molecular weight is 482 g/mol. The Hall–Kier alpha value is -2.61. The second kappa shape index (κ2) is 9.45. The molecule has 5 rings (SSSR count). The van der Waals surface area contributed by atoms with Crippen LogP contribution in [0.4, 0.5) is 0 Å². The van der Waals surface area contributed by atoms with Gasteiger partial charge in [-0.25, -0.2) is 0 Å². The Balaban J connectivity index is 1.46. The van der Waals surface area contributed by atoms with Crippen molar-refractivity contribution in [2.24, 2.45) is 0 Å². The molecule has 0 unspecified atom stereocenters. The minimum atomic E-state index is -0.889. The first-order valence-corrected chi connectivity index (χ1v) is 12.6. The topological polar surface area (TPSA) is 88.5 Å². The molecule has 5 atom stereocenters. The zero-order valence-corrected chi connectivity index (χ0v) is 20.5. The molecule has 2 saturated heterocycles. The molecule has 3 aliphatic heterocycles. The SMILES string of the molecule is CN(C(=O)c1cccc2c1OCCO2)[C@H]1CC[C@@]2(CCO)C[C@H](c3ccccc3)C[C@](C)(O2)[C@@H]1O. The van der Waals surface area contributed by atoms with E-state index in [9.17, 15) is 15.0 Å². The number of hydrogen-bond acceptors (Lipinski definition) is 6. The summed E-state index contributed by atoms with van der Waals surface area (Å²) >= 11 is 0. The second-order valence-electron chi connectivity index (χ2n) is 10.4. The Morgan fingerprint density at radius 1 is 1.09 bits per heavy atom. The molecule has 7 heteroatoms. The lowest BCUT2D eigenvalue weighted by Gasteiger charge is -2.50. The predicted molar refractivity (Wildman–Crippen MR) is 131 cm³/mol. The zero-order valence-electron chi connectivity index (χ0n) is 20.5. The maximum atomic E-state index is 13.7. The van der Waals surface area contributed by atoms with Crippen molar-refractivity contribution in [1.29, 1.82) is 0 Å². The summed E-state index contributed by atoms with van der Waals surface area (Å²) in [4.78, 5) is 15.3. The van der Waals surface area contributed by atoms with Crippen molar-refractivity contribution < 1.29 is 29.2 Å². The fraction of sp³-hybridized carbons (Fsp3) is 0.536. The van der Waals surface area contributed by atoms with Crippen LogP contribution in [-0.4, -0.2) is 71.2 Å². The summed E-state index contributed by atoms with van der Waals surface area (Å²) in [6.07, 6.45) is 2.26. The lowest BCUT2D eigenvalue weighted by atomic mass is 9.73. The molecule has 2 aromatic carbocycles. The minimum Gasteiger partial charge on any atom is -0.486 e. The molecule has 188 valence electrons. The predicted octanol–water partition coefficient (Wildman–Crippen LogP) is 3.53. The molecule has 2 aromatic rings. The van der Waals surface area contributed by atoms with E-state index in [1.54, 1.807) is 30.1 Å². The molecule has 3 aliphatic rings. The van der Waals surface area contributed by atoms with Crippen LogP contribution in [0, 0.1) is 0 Å². The van der Waals surface area contributed by atoms with E-state index in [0.29, 0.717) is 56.0 Å². The molecule has 2 fully saturated rings. The maximum Gasteiger partial charge on any atom is 0.257 e. The number of aliphatic hydroxyl groups excluding tert-OH is 2. The Morgan fingerprint density at radius 2 is 1.86 bits per heavy atom. The summed E-state index contributed by atoms with van der Waals surface area (Å²) in [6, 6.07) is 15.2. The van der Waals surface area contributed by atoms with Crippen molar-refractivity contribution in [3.05, 3.63) is 59.7 Å². The van der Waals surface area contributed by atoms with Crippen molar-refractivity contribution in [2.75, 3.05) is 26.9 Å². The maximum absolute atomic E-state index is 13.7. The van der Waals surface area contributed by atoms with Crippen LogP contribution < -0.4 is 9.47 Å². The van der Waals surface area contributed by atoms with E-state index in [-0.39, 0.29) is 18.4 Å². The molecule has 2 bridgehead atoms. The van der Waals surface area contributed by atoms with Gasteiger partial charge in [0.15, 0.2) is 11.5 Å². The van der Waals surface area contributed by atoms with E-state index >= 15 is 0 Å². The van der Waals surface area contributed by atoms with Crippen LogP contribution in [0.5, 0.6) is 11.5 Å². The first-order chi connectivity index (χ1) is 16.9. The lowest BCUT2D eigenvalue weighted by molar-refractivity contribution is -0.225. The van der Waals surface area contributed by atoms with Gasteiger partial charge in [-0.15, -0.1) is 0 Å². The Kier molecular flexibility index (Phi) is 6.51. The molecule has 35 heavy (non-hydrogen) atoms. The molecule has 0 radical (unpaired) electrons. The number of ether oxygens (including phenoxy) is 3. The molecule has 3 heterocycles. The van der Waals surface area contributed by atoms with Gasteiger partial charge in [-0.2, -0.15) is 0 Å². The first kappa shape index (κ1) is 24.1. The van der Waals surface area contributed by atoms with Gasteiger partial charge in [-0.1, -0.05) is 36.4 Å². The lowest BCUT2D eigenvalue weighted by Crippen LogP contribution is -2.58. The van der Waals surface area contributed by atoms with E-state index in [0.717, 1.165) is 6.42 Å². The van der Waals surface area contributed by atoms with Gasteiger partial charge in [0.25, 0.3) is 5.91 Å². The summed E-state index contributed by atoms with van der Waals surface area (Å²) in [5, 5.41) is 21.6. The van der Waals surface area contributed by atoms with Crippen molar-refractivity contribution in [2.45, 2.75) is 68.3 Å². The van der Waals surface area contributed by atoms with Gasteiger partial charge in [0.05, 0.1) is 22.8 Å². The largest absolute Gasteiger partial charge is 0.486 e. The third kappa shape index (κ3) is 4.41. The Bertz CT molecular complexity index is 1060. The summed E-state index contributed by atoms with van der Waals surface area (Å²) in [6.45, 7) is 2.81. The number of rotatable bonds is 5. The third-order valence-corrected chi connectivity index (χ3v) is 8.06. The van der Waals surface area contributed by atoms with Crippen LogP contribution in [0.2, 0.25) is 0 Å².